The zero-order chi connectivity index (χ0) is 46.2. The summed E-state index contributed by atoms with van der Waals surface area (Å²) in [5.41, 5.74) is 6.52. The molecule has 2 saturated heterocycles. The number of carbonyl (C=O) groups is 1. The summed E-state index contributed by atoms with van der Waals surface area (Å²) in [6.07, 6.45) is 5.27. The molecule has 1 atom stereocenters. The van der Waals surface area contributed by atoms with E-state index in [4.69, 9.17) is 30.8 Å². The number of fused-ring (bicyclic) bond motifs is 2. The first-order chi connectivity index (χ1) is 31.7. The van der Waals surface area contributed by atoms with Gasteiger partial charge in [-0.1, -0.05) is 43.2 Å². The number of likely N-dealkylation sites (N-methyl/N-ethyl adjacent to an activating group) is 1. The summed E-state index contributed by atoms with van der Waals surface area (Å²) in [6.45, 7) is 11.4. The van der Waals surface area contributed by atoms with Crippen molar-refractivity contribution in [3.63, 3.8) is 0 Å². The number of ether oxygens (including phenoxy) is 3. The minimum absolute atomic E-state index is 0.0428. The number of hydrogen-bond donors (Lipinski definition) is 2. The highest BCUT2D eigenvalue weighted by atomic mass is 35.5. The predicted molar refractivity (Wildman–Crippen MR) is 255 cm³/mol. The number of nitro groups is 1. The third-order valence-corrected chi connectivity index (χ3v) is 14.6. The van der Waals surface area contributed by atoms with Crippen LogP contribution in [0.25, 0.3) is 16.6 Å². The standard InChI is InChI=1S/C48H55ClN8O8S/c1-48(2)15-13-34(40(28-48)32-5-7-35(49)8-6-32)29-54-18-20-55(21-19-54)36-9-11-39(41(26-36)56-17-4-23-64-47-43(56)25-33-14-16-50-45(33)51-47)46(58)52-66(61,62)38-10-12-44(42(27-38)57(59)60)65-31-37-30-53(3)22-24-63-37/h5-12,14,16,25-27,37H,4,13,15,17-24,28-31H2,1-3H3,(H,50,51)(H,52,58)/t37-/m0/s1. The number of nitro benzene ring substituents is 1. The van der Waals surface area contributed by atoms with Crippen LogP contribution in [0, 0.1) is 15.5 Å². The molecule has 348 valence electrons. The largest absolute Gasteiger partial charge is 0.484 e. The maximum absolute atomic E-state index is 14.4. The van der Waals surface area contributed by atoms with Gasteiger partial charge in [0.05, 0.1) is 34.3 Å². The number of nitrogens with one attached hydrogen (secondary N) is 2. The van der Waals surface area contributed by atoms with Crippen LogP contribution in [0.15, 0.2) is 89.5 Å². The molecule has 18 heteroatoms. The van der Waals surface area contributed by atoms with Crippen molar-refractivity contribution in [3.05, 3.63) is 111 Å². The average molecular weight is 940 g/mol. The summed E-state index contributed by atoms with van der Waals surface area (Å²) in [5.74, 6) is -0.618. The zero-order valence-corrected chi connectivity index (χ0v) is 39.0. The smallest absolute Gasteiger partial charge is 0.312 e. The topological polar surface area (TPSA) is 176 Å². The Balaban J connectivity index is 0.982. The van der Waals surface area contributed by atoms with Crippen molar-refractivity contribution in [2.45, 2.75) is 50.5 Å². The van der Waals surface area contributed by atoms with E-state index in [-0.39, 0.29) is 29.4 Å². The number of aromatic nitrogens is 2. The van der Waals surface area contributed by atoms with Crippen LogP contribution in [0.5, 0.6) is 11.6 Å². The Kier molecular flexibility index (Phi) is 13.0. The molecule has 3 aliphatic heterocycles. The molecule has 5 heterocycles. The molecule has 0 saturated carbocycles. The summed E-state index contributed by atoms with van der Waals surface area (Å²) >= 11 is 6.27. The van der Waals surface area contributed by atoms with E-state index in [0.717, 1.165) is 80.7 Å². The first kappa shape index (κ1) is 45.4. The van der Waals surface area contributed by atoms with E-state index in [1.54, 1.807) is 12.3 Å². The van der Waals surface area contributed by atoms with Crippen LogP contribution < -0.4 is 24.0 Å². The van der Waals surface area contributed by atoms with Gasteiger partial charge in [0.1, 0.15) is 24.0 Å². The van der Waals surface area contributed by atoms with Crippen molar-refractivity contribution in [2.75, 3.05) is 89.0 Å². The van der Waals surface area contributed by atoms with Gasteiger partial charge >= 0.3 is 5.69 Å². The number of carbonyl (C=O) groups excluding carboxylic acids is 1. The van der Waals surface area contributed by atoms with E-state index >= 15 is 0 Å². The number of nitrogens with zero attached hydrogens (tertiary/aromatic N) is 6. The third kappa shape index (κ3) is 10.0. The Labute approximate surface area is 389 Å². The second-order valence-electron chi connectivity index (χ2n) is 18.4. The lowest BCUT2D eigenvalue weighted by Crippen LogP contribution is -2.47. The van der Waals surface area contributed by atoms with E-state index < -0.39 is 31.4 Å². The van der Waals surface area contributed by atoms with E-state index in [9.17, 15) is 23.3 Å². The van der Waals surface area contributed by atoms with E-state index in [0.29, 0.717) is 55.6 Å². The number of allylic oxidation sites excluding steroid dienone is 1. The summed E-state index contributed by atoms with van der Waals surface area (Å²) in [5, 5.41) is 13.8. The maximum atomic E-state index is 14.4. The SMILES string of the molecule is CN1CCO[C@H](COc2ccc(S(=O)(=O)NC(=O)c3ccc(N4CCN(CC5=C(c6ccc(Cl)cc6)CC(C)(C)CC5)CC4)cc3N3CCCOc4nc5[nH]ccc5cc43)cc2[N+](=O)[O-])C1. The molecule has 2 aromatic heterocycles. The average Bonchev–Trinajstić information content (AvgIpc) is 3.66. The minimum Gasteiger partial charge on any atom is -0.484 e. The number of hydrogen-bond acceptors (Lipinski definition) is 13. The van der Waals surface area contributed by atoms with Gasteiger partial charge in [0.2, 0.25) is 5.88 Å². The van der Waals surface area contributed by atoms with Crippen LogP contribution in [-0.2, 0) is 14.8 Å². The fraction of sp³-hybridized carbons (Fsp3) is 0.417. The van der Waals surface area contributed by atoms with E-state index in [1.165, 1.54) is 28.8 Å². The van der Waals surface area contributed by atoms with E-state index in [2.05, 4.69) is 50.4 Å². The molecule has 2 N–H and O–H groups in total. The van der Waals surface area contributed by atoms with Crippen molar-refractivity contribution in [1.82, 2.24) is 24.5 Å². The molecular formula is C48H55ClN8O8S. The van der Waals surface area contributed by atoms with Crippen LogP contribution in [0.4, 0.5) is 22.7 Å². The van der Waals surface area contributed by atoms with Gasteiger partial charge < -0.3 is 33.9 Å². The lowest BCUT2D eigenvalue weighted by atomic mass is 9.72. The van der Waals surface area contributed by atoms with Gasteiger partial charge in [0.25, 0.3) is 15.9 Å². The molecule has 0 radical (unpaired) electrons. The first-order valence-corrected chi connectivity index (χ1v) is 24.3. The van der Waals surface area contributed by atoms with Crippen LogP contribution in [-0.4, -0.2) is 124 Å². The molecule has 0 unspecified atom stereocenters. The normalized spacial score (nSPS) is 19.5. The van der Waals surface area contributed by atoms with Gasteiger partial charge in [0, 0.05) is 80.7 Å². The Morgan fingerprint density at radius 2 is 1.80 bits per heavy atom. The minimum atomic E-state index is -4.62. The van der Waals surface area contributed by atoms with Gasteiger partial charge in [-0.15, -0.1) is 0 Å². The molecule has 16 nitrogen and oxygen atoms in total. The lowest BCUT2D eigenvalue weighted by molar-refractivity contribution is -0.386. The quantitative estimate of drug-likeness (QED) is 0.0923. The highest BCUT2D eigenvalue weighted by Crippen LogP contribution is 2.44. The second-order valence-corrected chi connectivity index (χ2v) is 20.5. The second kappa shape index (κ2) is 18.9. The van der Waals surface area contributed by atoms with Gasteiger partial charge in [-0.3, -0.25) is 19.8 Å². The van der Waals surface area contributed by atoms with Gasteiger partial charge in [-0.05, 0) is 104 Å². The molecule has 1 amide bonds. The highest BCUT2D eigenvalue weighted by Gasteiger charge is 2.32. The Bertz CT molecular complexity index is 2770. The molecule has 9 rings (SSSR count). The van der Waals surface area contributed by atoms with Crippen LogP contribution in [0.2, 0.25) is 5.02 Å². The molecule has 0 bridgehead atoms. The Morgan fingerprint density at radius 3 is 2.58 bits per heavy atom. The molecule has 0 spiro atoms. The molecule has 5 aromatic rings. The Hall–Kier alpha value is -5.72. The summed E-state index contributed by atoms with van der Waals surface area (Å²) in [4.78, 5) is 42.1. The summed E-state index contributed by atoms with van der Waals surface area (Å²) in [6, 6.07) is 20.8. The van der Waals surface area contributed by atoms with Gasteiger partial charge in [-0.25, -0.2) is 13.1 Å². The Morgan fingerprint density at radius 1 is 1.00 bits per heavy atom. The van der Waals surface area contributed by atoms with Gasteiger partial charge in [-0.2, -0.15) is 4.98 Å². The number of piperazine rings is 1. The highest BCUT2D eigenvalue weighted by molar-refractivity contribution is 7.90. The number of amides is 1. The molecule has 4 aliphatic rings. The van der Waals surface area contributed by atoms with Crippen molar-refractivity contribution >= 4 is 66.9 Å². The monoisotopic (exact) mass is 938 g/mol. The number of rotatable bonds is 12. The van der Waals surface area contributed by atoms with Crippen LogP contribution in [0.1, 0.15) is 55.5 Å². The van der Waals surface area contributed by atoms with Crippen molar-refractivity contribution in [3.8, 4) is 11.6 Å². The molecular weight excluding hydrogens is 884 g/mol. The third-order valence-electron chi connectivity index (χ3n) is 13.0. The van der Waals surface area contributed by atoms with E-state index in [1.807, 2.05) is 48.3 Å². The van der Waals surface area contributed by atoms with Gasteiger partial charge in [0.15, 0.2) is 5.75 Å². The zero-order valence-electron chi connectivity index (χ0n) is 37.4. The molecule has 66 heavy (non-hydrogen) atoms. The van der Waals surface area contributed by atoms with Crippen LogP contribution >= 0.6 is 11.6 Å². The number of H-pyrrole nitrogens is 1. The number of aromatic amines is 1. The first-order valence-electron chi connectivity index (χ1n) is 22.4. The molecule has 2 fully saturated rings. The molecule has 3 aromatic carbocycles. The maximum Gasteiger partial charge on any atom is 0.312 e. The number of morpholine rings is 1. The summed E-state index contributed by atoms with van der Waals surface area (Å²) in [7, 11) is -2.67. The summed E-state index contributed by atoms with van der Waals surface area (Å²) < 4.78 is 47.7. The lowest BCUT2D eigenvalue weighted by Gasteiger charge is -2.39. The number of halogens is 1. The fourth-order valence-corrected chi connectivity index (χ4v) is 10.5. The number of anilines is 3. The number of sulfonamides is 1. The molecule has 1 aliphatic carbocycles. The van der Waals surface area contributed by atoms with Crippen molar-refractivity contribution < 1.29 is 32.3 Å². The van der Waals surface area contributed by atoms with Crippen molar-refractivity contribution in [1.29, 1.82) is 0 Å². The van der Waals surface area contributed by atoms with Crippen LogP contribution in [0.3, 0.4) is 0 Å². The fourth-order valence-electron chi connectivity index (χ4n) is 9.36. The number of pyridine rings is 1. The predicted octanol–water partition coefficient (Wildman–Crippen LogP) is 7.66. The van der Waals surface area contributed by atoms with Crippen molar-refractivity contribution in [2.24, 2.45) is 5.41 Å². The number of benzene rings is 3.